The predicted octanol–water partition coefficient (Wildman–Crippen LogP) is 4.50. The van der Waals surface area contributed by atoms with Gasteiger partial charge in [-0.3, -0.25) is 14.4 Å². The number of H-pyrrole nitrogens is 1. The fraction of sp³-hybridized carbons (Fsp3) is 0.250. The number of nitrogens with one attached hydrogen (secondary N) is 3. The van der Waals surface area contributed by atoms with Crippen LogP contribution in [0.5, 0.6) is 0 Å². The highest BCUT2D eigenvalue weighted by atomic mass is 19.4. The Morgan fingerprint density at radius 2 is 1.86 bits per heavy atom. The summed E-state index contributed by atoms with van der Waals surface area (Å²) in [7, 11) is 0. The van der Waals surface area contributed by atoms with Crippen LogP contribution >= 0.6 is 0 Å². The molecule has 8 nitrogen and oxygen atoms in total. The molecule has 4 rings (SSSR count). The molecule has 0 spiro atoms. The van der Waals surface area contributed by atoms with Crippen LogP contribution in [0.1, 0.15) is 29.9 Å². The highest BCUT2D eigenvalue weighted by Gasteiger charge is 2.44. The molecule has 1 aliphatic heterocycles. The van der Waals surface area contributed by atoms with E-state index in [9.17, 15) is 27.6 Å². The number of aromatic nitrogens is 2. The molecule has 3 N–H and O–H groups in total. The summed E-state index contributed by atoms with van der Waals surface area (Å²) in [5.41, 5.74) is 2.74. The van der Waals surface area contributed by atoms with Gasteiger partial charge in [-0.25, -0.2) is 4.98 Å². The topological polar surface area (TPSA) is 107 Å². The zero-order valence-corrected chi connectivity index (χ0v) is 18.9. The molecule has 1 aliphatic rings. The quantitative estimate of drug-likeness (QED) is 0.493. The Balaban J connectivity index is 1.78. The van der Waals surface area contributed by atoms with E-state index in [1.807, 2.05) is 18.2 Å². The Hall–Kier alpha value is -4.15. The zero-order valence-electron chi connectivity index (χ0n) is 18.9. The highest BCUT2D eigenvalue weighted by Crippen LogP contribution is 2.39. The summed E-state index contributed by atoms with van der Waals surface area (Å²) < 4.78 is 39.4. The van der Waals surface area contributed by atoms with Crippen molar-refractivity contribution < 1.29 is 27.6 Å². The van der Waals surface area contributed by atoms with Crippen molar-refractivity contribution in [3.63, 3.8) is 0 Å². The van der Waals surface area contributed by atoms with E-state index in [0.717, 1.165) is 11.8 Å². The van der Waals surface area contributed by atoms with Crippen molar-refractivity contribution in [1.82, 2.24) is 14.9 Å². The number of ketones is 1. The SMILES string of the molecule is CC(=O)Nc1cc(-c2[nH]c3c(c2Nc2ccccc2)C(=O)CN(C(=O)C(C)C(F)(F)F)C3)ccn1. The maximum Gasteiger partial charge on any atom is 0.400 e. The number of carbonyl (C=O) groups excluding carboxylic acids is 3. The molecule has 182 valence electrons. The first-order valence-electron chi connectivity index (χ1n) is 10.7. The van der Waals surface area contributed by atoms with Gasteiger partial charge < -0.3 is 20.5 Å². The van der Waals surface area contributed by atoms with Crippen molar-refractivity contribution in [2.24, 2.45) is 5.92 Å². The first kappa shape index (κ1) is 24.0. The molecule has 0 saturated carbocycles. The smallest absolute Gasteiger partial charge is 0.355 e. The molecule has 0 radical (unpaired) electrons. The van der Waals surface area contributed by atoms with Gasteiger partial charge in [0, 0.05) is 30.1 Å². The van der Waals surface area contributed by atoms with Crippen LogP contribution < -0.4 is 10.6 Å². The third-order valence-corrected chi connectivity index (χ3v) is 5.61. The molecule has 2 amide bonds. The van der Waals surface area contributed by atoms with Crippen LogP contribution in [0, 0.1) is 5.92 Å². The van der Waals surface area contributed by atoms with Gasteiger partial charge in [0.05, 0.1) is 30.0 Å². The average molecular weight is 485 g/mol. The number of Topliss-reactive ketones (excluding diaryl/α,β-unsaturated/α-hetero) is 1. The van der Waals surface area contributed by atoms with Gasteiger partial charge in [0.1, 0.15) is 11.7 Å². The molecule has 11 heteroatoms. The van der Waals surface area contributed by atoms with Crippen LogP contribution in [0.3, 0.4) is 0 Å². The van der Waals surface area contributed by atoms with Gasteiger partial charge in [0.15, 0.2) is 5.78 Å². The molecule has 2 aromatic heterocycles. The number of aromatic amines is 1. The Morgan fingerprint density at radius 1 is 1.14 bits per heavy atom. The number of benzene rings is 1. The van der Waals surface area contributed by atoms with E-state index in [0.29, 0.717) is 28.3 Å². The maximum atomic E-state index is 13.1. The molecule has 3 heterocycles. The third kappa shape index (κ3) is 5.03. The molecule has 0 saturated heterocycles. The lowest BCUT2D eigenvalue weighted by Crippen LogP contribution is -2.45. The van der Waals surface area contributed by atoms with E-state index >= 15 is 0 Å². The fourth-order valence-electron chi connectivity index (χ4n) is 3.89. The van der Waals surface area contributed by atoms with Gasteiger partial charge in [-0.1, -0.05) is 18.2 Å². The lowest BCUT2D eigenvalue weighted by molar-refractivity contribution is -0.185. The minimum Gasteiger partial charge on any atom is -0.355 e. The van der Waals surface area contributed by atoms with Crippen LogP contribution in [0.25, 0.3) is 11.3 Å². The normalized spacial score (nSPS) is 14.3. The van der Waals surface area contributed by atoms with Crippen molar-refractivity contribution in [2.75, 3.05) is 17.2 Å². The van der Waals surface area contributed by atoms with Gasteiger partial charge >= 0.3 is 6.18 Å². The standard InChI is InChI=1S/C24H22F3N5O3/c1-13(24(25,26)27)23(35)32-11-17-20(18(34)12-32)22(30-16-6-4-3-5-7-16)21(31-17)15-8-9-28-19(10-15)29-14(2)33/h3-10,13,30-31H,11-12H2,1-2H3,(H,28,29,33). The largest absolute Gasteiger partial charge is 0.400 e. The minimum atomic E-state index is -4.71. The number of halogens is 3. The van der Waals surface area contributed by atoms with Crippen LogP contribution in [0.15, 0.2) is 48.7 Å². The molecule has 0 aliphatic carbocycles. The van der Waals surface area contributed by atoms with E-state index in [2.05, 4.69) is 20.6 Å². The van der Waals surface area contributed by atoms with Crippen molar-refractivity contribution in [1.29, 1.82) is 0 Å². The molecule has 1 unspecified atom stereocenters. The van der Waals surface area contributed by atoms with Crippen LogP contribution in [0.4, 0.5) is 30.4 Å². The van der Waals surface area contributed by atoms with E-state index in [4.69, 9.17) is 0 Å². The van der Waals surface area contributed by atoms with Crippen molar-refractivity contribution in [3.05, 3.63) is 59.9 Å². The highest BCUT2D eigenvalue weighted by molar-refractivity contribution is 6.09. The average Bonchev–Trinajstić information content (AvgIpc) is 3.16. The molecule has 0 fully saturated rings. The second kappa shape index (κ2) is 9.24. The van der Waals surface area contributed by atoms with Gasteiger partial charge in [-0.2, -0.15) is 13.2 Å². The van der Waals surface area contributed by atoms with Gasteiger partial charge in [-0.05, 0) is 31.2 Å². The summed E-state index contributed by atoms with van der Waals surface area (Å²) in [4.78, 5) is 45.2. The zero-order chi connectivity index (χ0) is 25.3. The molecule has 1 aromatic carbocycles. The predicted molar refractivity (Wildman–Crippen MR) is 123 cm³/mol. The molecular formula is C24H22F3N5O3. The summed E-state index contributed by atoms with van der Waals surface area (Å²) in [5, 5.41) is 5.81. The summed E-state index contributed by atoms with van der Waals surface area (Å²) in [6, 6.07) is 12.3. The second-order valence-electron chi connectivity index (χ2n) is 8.21. The number of nitrogens with zero attached hydrogens (tertiary/aromatic N) is 2. The minimum absolute atomic E-state index is 0.187. The van der Waals surface area contributed by atoms with E-state index < -0.39 is 30.3 Å². The molecule has 1 atom stereocenters. The summed E-state index contributed by atoms with van der Waals surface area (Å²) in [6.07, 6.45) is -3.23. The number of pyridine rings is 1. The number of amides is 2. The lowest BCUT2D eigenvalue weighted by atomic mass is 10.0. The third-order valence-electron chi connectivity index (χ3n) is 5.61. The number of anilines is 3. The number of carbonyl (C=O) groups is 3. The molecular weight excluding hydrogens is 463 g/mol. The van der Waals surface area contributed by atoms with Crippen LogP contribution in [0.2, 0.25) is 0 Å². The van der Waals surface area contributed by atoms with Gasteiger partial charge in [0.2, 0.25) is 11.8 Å². The van der Waals surface area contributed by atoms with E-state index in [1.165, 1.54) is 13.1 Å². The Morgan fingerprint density at radius 3 is 2.51 bits per heavy atom. The fourth-order valence-corrected chi connectivity index (χ4v) is 3.89. The van der Waals surface area contributed by atoms with Crippen molar-refractivity contribution >= 4 is 34.8 Å². The molecule has 3 aromatic rings. The number of fused-ring (bicyclic) bond motifs is 1. The first-order chi connectivity index (χ1) is 16.5. The van der Waals surface area contributed by atoms with E-state index in [1.54, 1.807) is 24.3 Å². The Labute approximate surface area is 198 Å². The van der Waals surface area contributed by atoms with Gasteiger partial charge in [0.25, 0.3) is 0 Å². The molecule has 35 heavy (non-hydrogen) atoms. The lowest BCUT2D eigenvalue weighted by Gasteiger charge is -2.29. The first-order valence-corrected chi connectivity index (χ1v) is 10.7. The monoisotopic (exact) mass is 485 g/mol. The van der Waals surface area contributed by atoms with Crippen molar-refractivity contribution in [2.45, 2.75) is 26.6 Å². The summed E-state index contributed by atoms with van der Waals surface area (Å²) in [5.74, 6) is -3.91. The number of para-hydroxylation sites is 1. The number of hydrogen-bond donors (Lipinski definition) is 3. The number of rotatable bonds is 5. The van der Waals surface area contributed by atoms with Gasteiger partial charge in [-0.15, -0.1) is 0 Å². The Bertz CT molecular complexity index is 1290. The summed E-state index contributed by atoms with van der Waals surface area (Å²) in [6.45, 7) is 1.47. The van der Waals surface area contributed by atoms with Crippen LogP contribution in [-0.4, -0.2) is 45.2 Å². The molecule has 0 bridgehead atoms. The Kier molecular flexibility index (Phi) is 6.33. The second-order valence-corrected chi connectivity index (χ2v) is 8.21. The maximum absolute atomic E-state index is 13.1. The van der Waals surface area contributed by atoms with Crippen LogP contribution in [-0.2, 0) is 16.1 Å². The van der Waals surface area contributed by atoms with E-state index in [-0.39, 0.29) is 23.8 Å². The summed E-state index contributed by atoms with van der Waals surface area (Å²) >= 11 is 0. The number of hydrogen-bond acceptors (Lipinski definition) is 5. The van der Waals surface area contributed by atoms with Crippen molar-refractivity contribution in [3.8, 4) is 11.3 Å². The number of alkyl halides is 3.